The van der Waals surface area contributed by atoms with Crippen LogP contribution in [0, 0.1) is 0 Å². The van der Waals surface area contributed by atoms with Crippen LogP contribution in [0.2, 0.25) is 0 Å². The highest BCUT2D eigenvalue weighted by molar-refractivity contribution is 6.04. The van der Waals surface area contributed by atoms with Crippen molar-refractivity contribution in [2.45, 2.75) is 13.8 Å². The first kappa shape index (κ1) is 32.5. The summed E-state index contributed by atoms with van der Waals surface area (Å²) >= 11 is 0. The number of nitrogens with zero attached hydrogens (tertiary/aromatic N) is 4. The van der Waals surface area contributed by atoms with Gasteiger partial charge in [0.1, 0.15) is 5.69 Å². The van der Waals surface area contributed by atoms with E-state index in [-0.39, 0.29) is 0 Å². The van der Waals surface area contributed by atoms with Gasteiger partial charge in [0.25, 0.3) is 0 Å². The third-order valence-electron chi connectivity index (χ3n) is 9.46. The lowest BCUT2D eigenvalue weighted by Gasteiger charge is -2.16. The van der Waals surface area contributed by atoms with Crippen molar-refractivity contribution in [2.24, 2.45) is 4.99 Å². The summed E-state index contributed by atoms with van der Waals surface area (Å²) in [4.78, 5) is 19.6. The first-order valence-corrected chi connectivity index (χ1v) is 17.5. The Morgan fingerprint density at radius 1 is 0.788 bits per heavy atom. The molecule has 0 radical (unpaired) electrons. The summed E-state index contributed by atoms with van der Waals surface area (Å²) in [6, 6.07) is 36.4. The van der Waals surface area contributed by atoms with E-state index in [1.165, 1.54) is 11.1 Å². The number of aliphatic imine (C=N–C) groups is 1. The van der Waals surface area contributed by atoms with Gasteiger partial charge < -0.3 is 10.6 Å². The van der Waals surface area contributed by atoms with E-state index in [4.69, 9.17) is 19.9 Å². The number of nitrogens with one attached hydrogen (secondary N) is 2. The van der Waals surface area contributed by atoms with Gasteiger partial charge in [-0.2, -0.15) is 0 Å². The summed E-state index contributed by atoms with van der Waals surface area (Å²) in [6.45, 7) is 8.68. The van der Waals surface area contributed by atoms with Gasteiger partial charge in [-0.15, -0.1) is 0 Å². The number of fused-ring (bicyclic) bond motifs is 5. The minimum Gasteiger partial charge on any atom is -0.379 e. The van der Waals surface area contributed by atoms with Crippen molar-refractivity contribution in [1.82, 2.24) is 20.3 Å². The second kappa shape index (κ2) is 13.9. The summed E-state index contributed by atoms with van der Waals surface area (Å²) < 4.78 is 0. The van der Waals surface area contributed by atoms with E-state index in [2.05, 4.69) is 126 Å². The maximum absolute atomic E-state index is 5.05. The fourth-order valence-electron chi connectivity index (χ4n) is 6.72. The Kier molecular flexibility index (Phi) is 8.71. The first-order chi connectivity index (χ1) is 25.5. The number of rotatable bonds is 7. The van der Waals surface area contributed by atoms with Crippen LogP contribution < -0.4 is 10.6 Å². The lowest BCUT2D eigenvalue weighted by molar-refractivity contribution is 1.12. The molecule has 52 heavy (non-hydrogen) atoms. The molecular formula is C46H38N6. The number of pyridine rings is 3. The molecule has 7 aromatic rings. The van der Waals surface area contributed by atoms with Gasteiger partial charge in [0.15, 0.2) is 5.84 Å². The monoisotopic (exact) mass is 674 g/mol. The van der Waals surface area contributed by atoms with Crippen LogP contribution in [0.15, 0.2) is 156 Å². The number of allylic oxidation sites excluding steroid dienone is 4. The van der Waals surface area contributed by atoms with Crippen LogP contribution in [0.25, 0.3) is 72.3 Å². The highest BCUT2D eigenvalue weighted by Crippen LogP contribution is 2.36. The van der Waals surface area contributed by atoms with Crippen LogP contribution in [-0.2, 0) is 0 Å². The molecule has 0 aliphatic carbocycles. The molecule has 0 saturated heterocycles. The van der Waals surface area contributed by atoms with Crippen LogP contribution >= 0.6 is 0 Å². The van der Waals surface area contributed by atoms with Crippen molar-refractivity contribution in [2.75, 3.05) is 18.9 Å². The highest BCUT2D eigenvalue weighted by Gasteiger charge is 2.14. The molecule has 6 nitrogen and oxygen atoms in total. The minimum absolute atomic E-state index is 0.712. The molecule has 0 saturated carbocycles. The Labute approximate surface area is 303 Å². The SMILES string of the molecule is C=C/C=C\C(N=C(NC)c1ccc2cc(-c3ccc4nc(-c5ccc(-c6ccnc7c8c(ccc67)C=CCN8)cc5)ccc4c3)ccc2n1)=C(C)C. The second-order valence-corrected chi connectivity index (χ2v) is 13.0. The zero-order chi connectivity index (χ0) is 35.6. The van der Waals surface area contributed by atoms with Crippen LogP contribution in [0.4, 0.5) is 5.69 Å². The fraction of sp³-hybridized carbons (Fsp3) is 0.0870. The number of amidine groups is 1. The third kappa shape index (κ3) is 6.27. The standard InChI is InChI=1S/C46H38N6/c1-5-6-9-39(29(2)3)52-46(47-4)43-23-18-36-28-34(16-21-42(36)51-43)33-15-20-41-35(27-33)17-22-40(50-41)31-12-10-30(11-13-31)37-24-26-49-45-38(37)19-14-32-8-7-25-48-44(32)45/h5-24,26-28,48H,1,25H2,2-4H3,(H,47,52)/b9-6-. The maximum atomic E-state index is 5.05. The Morgan fingerprint density at radius 3 is 2.23 bits per heavy atom. The van der Waals surface area contributed by atoms with Gasteiger partial charge in [0.05, 0.1) is 33.6 Å². The molecule has 3 aromatic heterocycles. The Hall–Kier alpha value is -6.66. The molecule has 0 amide bonds. The molecule has 1 aliphatic rings. The largest absolute Gasteiger partial charge is 0.379 e. The molecule has 6 heteroatoms. The molecular weight excluding hydrogens is 637 g/mol. The van der Waals surface area contributed by atoms with E-state index >= 15 is 0 Å². The minimum atomic E-state index is 0.712. The quantitative estimate of drug-likeness (QED) is 0.1000. The molecule has 0 bridgehead atoms. The summed E-state index contributed by atoms with van der Waals surface area (Å²) in [5.74, 6) is 0.712. The number of benzene rings is 4. The molecule has 8 rings (SSSR count). The molecule has 0 unspecified atom stereocenters. The van der Waals surface area contributed by atoms with Crippen LogP contribution in [0.1, 0.15) is 25.1 Å². The molecule has 0 atom stereocenters. The topological polar surface area (TPSA) is 75.1 Å². The summed E-state index contributed by atoms with van der Waals surface area (Å²) in [5, 5.41) is 10.0. The zero-order valence-corrected chi connectivity index (χ0v) is 29.5. The molecule has 0 fully saturated rings. The number of anilines is 1. The van der Waals surface area contributed by atoms with Crippen molar-refractivity contribution in [3.05, 3.63) is 163 Å². The fourth-order valence-corrected chi connectivity index (χ4v) is 6.72. The van der Waals surface area contributed by atoms with E-state index in [1.54, 1.807) is 6.08 Å². The van der Waals surface area contributed by atoms with E-state index in [0.717, 1.165) is 89.9 Å². The van der Waals surface area contributed by atoms with Crippen LogP contribution in [0.5, 0.6) is 0 Å². The zero-order valence-electron chi connectivity index (χ0n) is 29.5. The Morgan fingerprint density at radius 2 is 1.50 bits per heavy atom. The van der Waals surface area contributed by atoms with Crippen molar-refractivity contribution in [3.63, 3.8) is 0 Å². The maximum Gasteiger partial charge on any atom is 0.152 e. The van der Waals surface area contributed by atoms with E-state index < -0.39 is 0 Å². The molecule has 4 aromatic carbocycles. The molecule has 0 spiro atoms. The summed E-state index contributed by atoms with van der Waals surface area (Å²) in [5.41, 5.74) is 14.5. The predicted molar refractivity (Wildman–Crippen MR) is 219 cm³/mol. The molecule has 4 heterocycles. The van der Waals surface area contributed by atoms with Crippen molar-refractivity contribution in [3.8, 4) is 33.5 Å². The average Bonchev–Trinajstić information content (AvgIpc) is 3.20. The number of aromatic nitrogens is 3. The lowest BCUT2D eigenvalue weighted by Crippen LogP contribution is -2.21. The molecule has 252 valence electrons. The van der Waals surface area contributed by atoms with Gasteiger partial charge in [-0.1, -0.05) is 97.1 Å². The van der Waals surface area contributed by atoms with Crippen LogP contribution in [0.3, 0.4) is 0 Å². The van der Waals surface area contributed by atoms with Gasteiger partial charge in [-0.3, -0.25) is 4.98 Å². The van der Waals surface area contributed by atoms with Gasteiger partial charge in [0.2, 0.25) is 0 Å². The number of hydrogen-bond donors (Lipinski definition) is 2. The summed E-state index contributed by atoms with van der Waals surface area (Å²) in [6.07, 6.45) is 11.8. The molecule has 1 aliphatic heterocycles. The highest BCUT2D eigenvalue weighted by atomic mass is 15.0. The van der Waals surface area contributed by atoms with Gasteiger partial charge >= 0.3 is 0 Å². The van der Waals surface area contributed by atoms with Gasteiger partial charge in [-0.25, -0.2) is 15.0 Å². The van der Waals surface area contributed by atoms with E-state index in [9.17, 15) is 0 Å². The molecule has 2 N–H and O–H groups in total. The summed E-state index contributed by atoms with van der Waals surface area (Å²) in [7, 11) is 1.87. The van der Waals surface area contributed by atoms with Crippen molar-refractivity contribution < 1.29 is 0 Å². The second-order valence-electron chi connectivity index (χ2n) is 13.0. The lowest BCUT2D eigenvalue weighted by atomic mass is 9.96. The van der Waals surface area contributed by atoms with E-state index in [0.29, 0.717) is 5.84 Å². The van der Waals surface area contributed by atoms with E-state index in [1.807, 2.05) is 45.3 Å². The third-order valence-corrected chi connectivity index (χ3v) is 9.46. The predicted octanol–water partition coefficient (Wildman–Crippen LogP) is 10.8. The average molecular weight is 675 g/mol. The Balaban J connectivity index is 1.04. The van der Waals surface area contributed by atoms with Crippen LogP contribution in [-0.4, -0.2) is 34.4 Å². The number of hydrogen-bond acceptors (Lipinski definition) is 5. The normalized spacial score (nSPS) is 12.6. The Bertz CT molecular complexity index is 2640. The smallest absolute Gasteiger partial charge is 0.152 e. The van der Waals surface area contributed by atoms with Crippen molar-refractivity contribution in [1.29, 1.82) is 0 Å². The van der Waals surface area contributed by atoms with Crippen molar-refractivity contribution >= 4 is 50.3 Å². The van der Waals surface area contributed by atoms with Gasteiger partial charge in [-0.05, 0) is 90.2 Å². The first-order valence-electron chi connectivity index (χ1n) is 17.5. The van der Waals surface area contributed by atoms with Gasteiger partial charge in [0, 0.05) is 41.5 Å².